The number of hydrogen-bond donors (Lipinski definition) is 1. The first-order chi connectivity index (χ1) is 10.2. The summed E-state index contributed by atoms with van der Waals surface area (Å²) in [6.07, 6.45) is 0. The summed E-state index contributed by atoms with van der Waals surface area (Å²) in [5.74, 6) is 0.0793. The Labute approximate surface area is 128 Å². The van der Waals surface area contributed by atoms with Crippen molar-refractivity contribution in [2.45, 2.75) is 25.9 Å². The molecule has 1 unspecified atom stereocenters. The van der Waals surface area contributed by atoms with Crippen LogP contribution in [0, 0.1) is 6.92 Å². The number of thiazole rings is 1. The summed E-state index contributed by atoms with van der Waals surface area (Å²) in [7, 11) is 1.87. The van der Waals surface area contributed by atoms with Crippen molar-refractivity contribution in [3.8, 4) is 0 Å². The largest absolute Gasteiger partial charge is 0.340 e. The van der Waals surface area contributed by atoms with Crippen LogP contribution < -0.4 is 5.32 Å². The minimum Gasteiger partial charge on any atom is -0.340 e. The Morgan fingerprint density at radius 2 is 2.29 bits per heavy atom. The molecule has 1 aliphatic rings. The molecule has 110 valence electrons. The molecule has 1 atom stereocenters. The first-order valence-electron chi connectivity index (χ1n) is 7.09. The Hall–Kier alpha value is -1.72. The zero-order valence-corrected chi connectivity index (χ0v) is 13.1. The number of carbonyl (C=O) groups is 1. The summed E-state index contributed by atoms with van der Waals surface area (Å²) in [6.45, 7) is 4.18. The van der Waals surface area contributed by atoms with Crippen LogP contribution in [0.4, 0.5) is 0 Å². The van der Waals surface area contributed by atoms with E-state index in [0.29, 0.717) is 13.1 Å². The first kappa shape index (κ1) is 14.2. The number of likely N-dealkylation sites (N-methyl/N-ethyl adjacent to an activating group) is 1. The minimum absolute atomic E-state index is 0.0897. The lowest BCUT2D eigenvalue weighted by Gasteiger charge is -2.29. The molecule has 1 amide bonds. The van der Waals surface area contributed by atoms with E-state index in [2.05, 4.69) is 22.4 Å². The number of amides is 1. The van der Waals surface area contributed by atoms with Crippen molar-refractivity contribution in [1.82, 2.24) is 15.2 Å². The van der Waals surface area contributed by atoms with Crippen LogP contribution in [0.2, 0.25) is 0 Å². The van der Waals surface area contributed by atoms with Crippen LogP contribution in [0.1, 0.15) is 27.6 Å². The number of nitrogens with zero attached hydrogens (tertiary/aromatic N) is 2. The van der Waals surface area contributed by atoms with E-state index in [1.807, 2.05) is 36.5 Å². The number of carbonyl (C=O) groups excluding carboxylic acids is 1. The summed E-state index contributed by atoms with van der Waals surface area (Å²) in [4.78, 5) is 20.0. The zero-order chi connectivity index (χ0) is 14.8. The molecular formula is C16H19N3OS. The second kappa shape index (κ2) is 5.95. The molecule has 0 saturated carbocycles. The highest BCUT2D eigenvalue weighted by atomic mass is 32.1. The van der Waals surface area contributed by atoms with E-state index in [1.165, 1.54) is 5.56 Å². The smallest absolute Gasteiger partial charge is 0.231 e. The summed E-state index contributed by atoms with van der Waals surface area (Å²) in [5, 5.41) is 3.34. The van der Waals surface area contributed by atoms with Crippen LogP contribution in [0.15, 0.2) is 29.8 Å². The molecule has 0 bridgehead atoms. The fraction of sp³-hybridized carbons (Fsp3) is 0.375. The maximum absolute atomic E-state index is 12.8. The van der Waals surface area contributed by atoms with Gasteiger partial charge in [-0.3, -0.25) is 4.79 Å². The lowest BCUT2D eigenvalue weighted by Crippen LogP contribution is -2.39. The van der Waals surface area contributed by atoms with Gasteiger partial charge in [0.2, 0.25) is 5.91 Å². The van der Waals surface area contributed by atoms with Crippen molar-refractivity contribution in [1.29, 1.82) is 0 Å². The van der Waals surface area contributed by atoms with Crippen molar-refractivity contribution in [3.05, 3.63) is 51.5 Å². The van der Waals surface area contributed by atoms with E-state index in [9.17, 15) is 4.79 Å². The predicted molar refractivity (Wildman–Crippen MR) is 84.2 cm³/mol. The minimum atomic E-state index is -0.0897. The van der Waals surface area contributed by atoms with E-state index in [0.717, 1.165) is 22.7 Å². The number of aromatic nitrogens is 1. The Kier molecular flexibility index (Phi) is 4.03. The number of fused-ring (bicyclic) bond motifs is 1. The Morgan fingerprint density at radius 1 is 1.48 bits per heavy atom. The quantitative estimate of drug-likeness (QED) is 0.946. The van der Waals surface area contributed by atoms with E-state index in [-0.39, 0.29) is 11.8 Å². The third-order valence-electron chi connectivity index (χ3n) is 3.99. The topological polar surface area (TPSA) is 45.2 Å². The van der Waals surface area contributed by atoms with Gasteiger partial charge in [-0.05, 0) is 18.1 Å². The van der Waals surface area contributed by atoms with Gasteiger partial charge >= 0.3 is 0 Å². The third-order valence-corrected chi connectivity index (χ3v) is 4.91. The Balaban J connectivity index is 1.78. The van der Waals surface area contributed by atoms with Crippen LogP contribution in [0.3, 0.4) is 0 Å². The van der Waals surface area contributed by atoms with Crippen LogP contribution in [0.25, 0.3) is 0 Å². The van der Waals surface area contributed by atoms with Gasteiger partial charge in [0.05, 0.1) is 23.7 Å². The summed E-state index contributed by atoms with van der Waals surface area (Å²) >= 11 is 1.61. The van der Waals surface area contributed by atoms with E-state index >= 15 is 0 Å². The van der Waals surface area contributed by atoms with Crippen molar-refractivity contribution in [3.63, 3.8) is 0 Å². The number of benzene rings is 1. The summed E-state index contributed by atoms with van der Waals surface area (Å²) in [5.41, 5.74) is 5.24. The highest BCUT2D eigenvalue weighted by molar-refractivity contribution is 7.09. The van der Waals surface area contributed by atoms with Crippen LogP contribution in [0.5, 0.6) is 0 Å². The average molecular weight is 301 g/mol. The lowest BCUT2D eigenvalue weighted by molar-refractivity contribution is -0.132. The Bertz CT molecular complexity index is 652. The molecule has 2 aromatic rings. The average Bonchev–Trinajstić information content (AvgIpc) is 2.91. The predicted octanol–water partition coefficient (Wildman–Crippen LogP) is 2.30. The van der Waals surface area contributed by atoms with Gasteiger partial charge in [-0.25, -0.2) is 4.98 Å². The molecule has 1 N–H and O–H groups in total. The summed E-state index contributed by atoms with van der Waals surface area (Å²) < 4.78 is 0. The molecule has 21 heavy (non-hydrogen) atoms. The molecule has 0 radical (unpaired) electrons. The van der Waals surface area contributed by atoms with Crippen LogP contribution in [-0.2, 0) is 17.9 Å². The molecule has 1 aliphatic heterocycles. The molecule has 1 aromatic carbocycles. The fourth-order valence-electron chi connectivity index (χ4n) is 2.75. The van der Waals surface area contributed by atoms with Gasteiger partial charge in [0.25, 0.3) is 0 Å². The fourth-order valence-corrected chi connectivity index (χ4v) is 3.58. The molecule has 2 heterocycles. The SMILES string of the molecule is Cc1ncsc1CN(C)C(=O)C1CNCc2ccccc21. The number of hydrogen-bond acceptors (Lipinski definition) is 4. The normalized spacial score (nSPS) is 17.3. The molecule has 0 saturated heterocycles. The maximum atomic E-state index is 12.8. The highest BCUT2D eigenvalue weighted by Gasteiger charge is 2.28. The maximum Gasteiger partial charge on any atom is 0.231 e. The van der Waals surface area contributed by atoms with E-state index in [1.54, 1.807) is 11.3 Å². The molecule has 3 rings (SSSR count). The zero-order valence-electron chi connectivity index (χ0n) is 12.3. The van der Waals surface area contributed by atoms with E-state index in [4.69, 9.17) is 0 Å². The van der Waals surface area contributed by atoms with Gasteiger partial charge < -0.3 is 10.2 Å². The van der Waals surface area contributed by atoms with Gasteiger partial charge in [-0.2, -0.15) is 0 Å². The van der Waals surface area contributed by atoms with Gasteiger partial charge in [0, 0.05) is 25.0 Å². The molecule has 1 aromatic heterocycles. The third kappa shape index (κ3) is 2.84. The molecule has 5 heteroatoms. The molecular weight excluding hydrogens is 282 g/mol. The second-order valence-corrected chi connectivity index (χ2v) is 6.38. The van der Waals surface area contributed by atoms with Crippen molar-refractivity contribution >= 4 is 17.2 Å². The number of aryl methyl sites for hydroxylation is 1. The van der Waals surface area contributed by atoms with Crippen LogP contribution >= 0.6 is 11.3 Å². The summed E-state index contributed by atoms with van der Waals surface area (Å²) in [6, 6.07) is 8.20. The monoisotopic (exact) mass is 301 g/mol. The number of nitrogens with one attached hydrogen (secondary N) is 1. The van der Waals surface area contributed by atoms with Crippen LogP contribution in [-0.4, -0.2) is 29.4 Å². The first-order valence-corrected chi connectivity index (χ1v) is 7.97. The van der Waals surface area contributed by atoms with Gasteiger partial charge in [0.1, 0.15) is 0 Å². The second-order valence-electron chi connectivity index (χ2n) is 5.44. The van der Waals surface area contributed by atoms with E-state index < -0.39 is 0 Å². The van der Waals surface area contributed by atoms with Crippen molar-refractivity contribution in [2.24, 2.45) is 0 Å². The number of rotatable bonds is 3. The van der Waals surface area contributed by atoms with Gasteiger partial charge in [0.15, 0.2) is 0 Å². The lowest BCUT2D eigenvalue weighted by atomic mass is 9.90. The molecule has 0 spiro atoms. The molecule has 0 aliphatic carbocycles. The van der Waals surface area contributed by atoms with Crippen molar-refractivity contribution < 1.29 is 4.79 Å². The highest BCUT2D eigenvalue weighted by Crippen LogP contribution is 2.26. The standard InChI is InChI=1S/C16H19N3OS/c1-11-15(21-10-18-11)9-19(2)16(20)14-8-17-7-12-5-3-4-6-13(12)14/h3-6,10,14,17H,7-9H2,1-2H3. The molecule has 4 nitrogen and oxygen atoms in total. The van der Waals surface area contributed by atoms with Gasteiger partial charge in [-0.1, -0.05) is 24.3 Å². The Morgan fingerprint density at radius 3 is 3.05 bits per heavy atom. The molecule has 0 fully saturated rings. The van der Waals surface area contributed by atoms with Crippen molar-refractivity contribution in [2.75, 3.05) is 13.6 Å². The van der Waals surface area contributed by atoms with Gasteiger partial charge in [-0.15, -0.1) is 11.3 Å².